The number of hydrogen-bond donors (Lipinski definition) is 2. The minimum Gasteiger partial charge on any atom is -0.354 e. The number of hydrogen-bond acceptors (Lipinski definition) is 5. The molecule has 0 aliphatic carbocycles. The molecule has 6 heteroatoms. The number of amides is 1. The van der Waals surface area contributed by atoms with E-state index in [-0.39, 0.29) is 5.91 Å². The van der Waals surface area contributed by atoms with E-state index in [9.17, 15) is 4.79 Å². The molecule has 2 N–H and O–H groups in total. The van der Waals surface area contributed by atoms with E-state index in [4.69, 9.17) is 0 Å². The predicted octanol–water partition coefficient (Wildman–Crippen LogP) is 2.26. The van der Waals surface area contributed by atoms with Crippen LogP contribution in [0.3, 0.4) is 0 Å². The lowest BCUT2D eigenvalue weighted by Crippen LogP contribution is -2.23. The van der Waals surface area contributed by atoms with Crippen molar-refractivity contribution < 1.29 is 4.79 Å². The van der Waals surface area contributed by atoms with Gasteiger partial charge in [-0.1, -0.05) is 19.9 Å². The highest BCUT2D eigenvalue weighted by Crippen LogP contribution is 2.03. The first-order valence-corrected chi connectivity index (χ1v) is 7.39. The summed E-state index contributed by atoms with van der Waals surface area (Å²) >= 11 is 0. The molecule has 0 bridgehead atoms. The van der Waals surface area contributed by atoms with Gasteiger partial charge in [0, 0.05) is 25.1 Å². The van der Waals surface area contributed by atoms with Gasteiger partial charge in [-0.15, -0.1) is 0 Å². The van der Waals surface area contributed by atoms with Crippen LogP contribution in [0.5, 0.6) is 0 Å². The Labute approximate surface area is 130 Å². The Hall–Kier alpha value is -2.50. The van der Waals surface area contributed by atoms with Gasteiger partial charge in [-0.05, 0) is 24.5 Å². The van der Waals surface area contributed by atoms with Crippen molar-refractivity contribution in [3.8, 4) is 0 Å². The zero-order chi connectivity index (χ0) is 15.8. The van der Waals surface area contributed by atoms with E-state index < -0.39 is 0 Å². The summed E-state index contributed by atoms with van der Waals surface area (Å²) in [6.45, 7) is 5.53. The lowest BCUT2D eigenvalue weighted by atomic mass is 10.1. The maximum Gasteiger partial charge on any atom is 0.254 e. The molecule has 0 spiro atoms. The molecule has 0 aliphatic heterocycles. The average Bonchev–Trinajstić information content (AvgIpc) is 2.54. The SMILES string of the molecule is CC(C)CCNc1ncc(C(=O)NCc2ccccn2)cn1. The molecule has 1 amide bonds. The van der Waals surface area contributed by atoms with Crippen molar-refractivity contribution in [1.82, 2.24) is 20.3 Å². The van der Waals surface area contributed by atoms with E-state index in [0.717, 1.165) is 18.7 Å². The van der Waals surface area contributed by atoms with Gasteiger partial charge < -0.3 is 10.6 Å². The van der Waals surface area contributed by atoms with E-state index in [0.29, 0.717) is 24.0 Å². The van der Waals surface area contributed by atoms with Crippen molar-refractivity contribution >= 4 is 11.9 Å². The van der Waals surface area contributed by atoms with Gasteiger partial charge >= 0.3 is 0 Å². The molecule has 0 radical (unpaired) electrons. The molecule has 116 valence electrons. The zero-order valence-corrected chi connectivity index (χ0v) is 12.9. The van der Waals surface area contributed by atoms with Crippen molar-refractivity contribution in [3.05, 3.63) is 48.0 Å². The second-order valence-electron chi connectivity index (χ2n) is 5.41. The largest absolute Gasteiger partial charge is 0.354 e. The molecule has 0 unspecified atom stereocenters. The molecular weight excluding hydrogens is 278 g/mol. The Balaban J connectivity index is 1.83. The molecule has 2 heterocycles. The van der Waals surface area contributed by atoms with Crippen LogP contribution in [-0.2, 0) is 6.54 Å². The smallest absolute Gasteiger partial charge is 0.254 e. The van der Waals surface area contributed by atoms with Gasteiger partial charge in [0.25, 0.3) is 5.91 Å². The molecule has 22 heavy (non-hydrogen) atoms. The van der Waals surface area contributed by atoms with Crippen molar-refractivity contribution in [2.45, 2.75) is 26.8 Å². The first-order valence-electron chi connectivity index (χ1n) is 7.39. The van der Waals surface area contributed by atoms with Gasteiger partial charge in [-0.2, -0.15) is 0 Å². The second-order valence-corrected chi connectivity index (χ2v) is 5.41. The van der Waals surface area contributed by atoms with Gasteiger partial charge in [0.2, 0.25) is 5.95 Å². The number of nitrogens with one attached hydrogen (secondary N) is 2. The Kier molecular flexibility index (Phi) is 5.82. The topological polar surface area (TPSA) is 79.8 Å². The summed E-state index contributed by atoms with van der Waals surface area (Å²) < 4.78 is 0. The van der Waals surface area contributed by atoms with Crippen molar-refractivity contribution in [2.24, 2.45) is 5.92 Å². The predicted molar refractivity (Wildman–Crippen MR) is 85.4 cm³/mol. The number of anilines is 1. The fraction of sp³-hybridized carbons (Fsp3) is 0.375. The van der Waals surface area contributed by atoms with Gasteiger partial charge in [0.05, 0.1) is 17.8 Å². The fourth-order valence-electron chi connectivity index (χ4n) is 1.78. The zero-order valence-electron chi connectivity index (χ0n) is 12.9. The van der Waals surface area contributed by atoms with E-state index in [1.807, 2.05) is 18.2 Å². The molecule has 2 aromatic heterocycles. The van der Waals surface area contributed by atoms with Crippen LogP contribution in [0.4, 0.5) is 5.95 Å². The Bertz CT molecular complexity index is 583. The third kappa shape index (κ3) is 5.12. The van der Waals surface area contributed by atoms with E-state index in [1.165, 1.54) is 12.4 Å². The van der Waals surface area contributed by atoms with Crippen molar-refractivity contribution in [2.75, 3.05) is 11.9 Å². The molecule has 2 aromatic rings. The maximum atomic E-state index is 12.0. The molecule has 6 nitrogen and oxygen atoms in total. The summed E-state index contributed by atoms with van der Waals surface area (Å²) in [5.74, 6) is 0.963. The first-order chi connectivity index (χ1) is 10.6. The Morgan fingerprint density at radius 2 is 1.95 bits per heavy atom. The van der Waals surface area contributed by atoms with Crippen LogP contribution in [0.25, 0.3) is 0 Å². The van der Waals surface area contributed by atoms with Gasteiger partial charge in [-0.3, -0.25) is 9.78 Å². The van der Waals surface area contributed by atoms with Crippen LogP contribution in [0, 0.1) is 5.92 Å². The molecule has 0 atom stereocenters. The highest BCUT2D eigenvalue weighted by Gasteiger charge is 2.07. The van der Waals surface area contributed by atoms with Crippen LogP contribution in [0.15, 0.2) is 36.8 Å². The van der Waals surface area contributed by atoms with Crippen molar-refractivity contribution in [3.63, 3.8) is 0 Å². The minimum absolute atomic E-state index is 0.209. The standard InChI is InChI=1S/C16H21N5O/c1-12(2)6-8-18-16-20-9-13(10-21-16)15(22)19-11-14-5-3-4-7-17-14/h3-5,7,9-10,12H,6,8,11H2,1-2H3,(H,19,22)(H,18,20,21). The lowest BCUT2D eigenvalue weighted by Gasteiger charge is -2.07. The number of pyridine rings is 1. The summed E-state index contributed by atoms with van der Waals surface area (Å²) in [7, 11) is 0. The van der Waals surface area contributed by atoms with E-state index >= 15 is 0 Å². The number of carbonyl (C=O) groups excluding carboxylic acids is 1. The number of nitrogens with zero attached hydrogens (tertiary/aromatic N) is 3. The normalized spacial score (nSPS) is 10.5. The third-order valence-electron chi connectivity index (χ3n) is 3.08. The van der Waals surface area contributed by atoms with Gasteiger partial charge in [0.1, 0.15) is 0 Å². The summed E-state index contributed by atoms with van der Waals surface area (Å²) in [4.78, 5) is 24.4. The number of carbonyl (C=O) groups is 1. The van der Waals surface area contributed by atoms with Gasteiger partial charge in [0.15, 0.2) is 0 Å². The minimum atomic E-state index is -0.209. The summed E-state index contributed by atoms with van der Waals surface area (Å²) in [5.41, 5.74) is 1.24. The Morgan fingerprint density at radius 3 is 2.59 bits per heavy atom. The molecule has 0 saturated heterocycles. The van der Waals surface area contributed by atoms with Crippen LogP contribution in [-0.4, -0.2) is 27.4 Å². The third-order valence-corrected chi connectivity index (χ3v) is 3.08. The highest BCUT2D eigenvalue weighted by molar-refractivity contribution is 5.93. The second kappa shape index (κ2) is 8.07. The molecule has 0 saturated carbocycles. The molecule has 0 aliphatic rings. The molecule has 0 fully saturated rings. The highest BCUT2D eigenvalue weighted by atomic mass is 16.1. The monoisotopic (exact) mass is 299 g/mol. The maximum absolute atomic E-state index is 12.0. The van der Waals surface area contributed by atoms with Gasteiger partial charge in [-0.25, -0.2) is 9.97 Å². The summed E-state index contributed by atoms with van der Waals surface area (Å²) in [6, 6.07) is 5.58. The van der Waals surface area contributed by atoms with E-state index in [1.54, 1.807) is 6.20 Å². The molecular formula is C16H21N5O. The number of rotatable bonds is 7. The first kappa shape index (κ1) is 15.9. The van der Waals surface area contributed by atoms with Crippen LogP contribution >= 0.6 is 0 Å². The van der Waals surface area contributed by atoms with Crippen LogP contribution in [0.1, 0.15) is 36.3 Å². The van der Waals surface area contributed by atoms with Crippen LogP contribution < -0.4 is 10.6 Å². The number of aromatic nitrogens is 3. The summed E-state index contributed by atoms with van der Waals surface area (Å²) in [5, 5.41) is 5.93. The summed E-state index contributed by atoms with van der Waals surface area (Å²) in [6.07, 6.45) is 5.80. The lowest BCUT2D eigenvalue weighted by molar-refractivity contribution is 0.0949. The van der Waals surface area contributed by atoms with Crippen LogP contribution in [0.2, 0.25) is 0 Å². The van der Waals surface area contributed by atoms with E-state index in [2.05, 4.69) is 39.4 Å². The molecule has 0 aromatic carbocycles. The van der Waals surface area contributed by atoms with Crippen molar-refractivity contribution in [1.29, 1.82) is 0 Å². The molecule has 2 rings (SSSR count). The average molecular weight is 299 g/mol. The Morgan fingerprint density at radius 1 is 1.18 bits per heavy atom. The fourth-order valence-corrected chi connectivity index (χ4v) is 1.78. The quantitative estimate of drug-likeness (QED) is 0.819.